The Hall–Kier alpha value is -2.46. The molecule has 0 bridgehead atoms. The molecule has 4 heteroatoms. The summed E-state index contributed by atoms with van der Waals surface area (Å²) in [5, 5.41) is 4.16. The van der Waals surface area contributed by atoms with Crippen molar-refractivity contribution in [2.45, 2.75) is 0 Å². The minimum Gasteiger partial charge on any atom is -0.383 e. The van der Waals surface area contributed by atoms with E-state index >= 15 is 0 Å². The van der Waals surface area contributed by atoms with Gasteiger partial charge in [-0.1, -0.05) is 30.3 Å². The van der Waals surface area contributed by atoms with Crippen LogP contribution in [-0.4, -0.2) is 9.97 Å². The molecule has 0 radical (unpaired) electrons. The molecule has 0 saturated heterocycles. The van der Waals surface area contributed by atoms with Gasteiger partial charge in [-0.3, -0.25) is 0 Å². The second-order valence-corrected chi connectivity index (χ2v) is 5.51. The third-order valence-electron chi connectivity index (χ3n) is 3.35. The molecule has 0 atom stereocenters. The van der Waals surface area contributed by atoms with E-state index in [-0.39, 0.29) is 0 Å². The molecule has 3 nitrogen and oxygen atoms in total. The molecular weight excluding hydrogens is 266 g/mol. The summed E-state index contributed by atoms with van der Waals surface area (Å²) >= 11 is 1.70. The van der Waals surface area contributed by atoms with Crippen molar-refractivity contribution in [3.8, 4) is 11.4 Å². The minimum atomic E-state index is 0.529. The first kappa shape index (κ1) is 11.4. The number of thiophene rings is 1. The van der Waals surface area contributed by atoms with Gasteiger partial charge >= 0.3 is 0 Å². The number of fused-ring (bicyclic) bond motifs is 2. The Kier molecular flexibility index (Phi) is 2.44. The van der Waals surface area contributed by atoms with Crippen LogP contribution in [0.15, 0.2) is 53.9 Å². The van der Waals surface area contributed by atoms with Crippen molar-refractivity contribution in [3.63, 3.8) is 0 Å². The van der Waals surface area contributed by atoms with E-state index in [1.807, 2.05) is 36.4 Å². The molecule has 0 aliphatic carbocycles. The van der Waals surface area contributed by atoms with Gasteiger partial charge < -0.3 is 5.73 Å². The lowest BCUT2D eigenvalue weighted by Gasteiger charge is -2.04. The highest BCUT2D eigenvalue weighted by atomic mass is 32.1. The van der Waals surface area contributed by atoms with Gasteiger partial charge in [0.2, 0.25) is 0 Å². The Morgan fingerprint density at radius 2 is 1.60 bits per heavy atom. The number of para-hydroxylation sites is 1. The maximum Gasteiger partial charge on any atom is 0.163 e. The van der Waals surface area contributed by atoms with E-state index in [9.17, 15) is 0 Å². The van der Waals surface area contributed by atoms with Crippen LogP contribution in [0, 0.1) is 0 Å². The Balaban J connectivity index is 2.03. The van der Waals surface area contributed by atoms with Gasteiger partial charge in [0.15, 0.2) is 5.82 Å². The summed E-state index contributed by atoms with van der Waals surface area (Å²) in [6.45, 7) is 0. The lowest BCUT2D eigenvalue weighted by atomic mass is 10.1. The maximum atomic E-state index is 6.06. The smallest absolute Gasteiger partial charge is 0.163 e. The average Bonchev–Trinajstić information content (AvgIpc) is 2.91. The summed E-state index contributed by atoms with van der Waals surface area (Å²) in [7, 11) is 0. The quantitative estimate of drug-likeness (QED) is 0.570. The van der Waals surface area contributed by atoms with Crippen LogP contribution in [0.3, 0.4) is 0 Å². The molecule has 0 aliphatic rings. The fourth-order valence-corrected chi connectivity index (χ4v) is 3.31. The van der Waals surface area contributed by atoms with Gasteiger partial charge in [0.25, 0.3) is 0 Å². The van der Waals surface area contributed by atoms with Crippen LogP contribution in [0.1, 0.15) is 0 Å². The van der Waals surface area contributed by atoms with Crippen LogP contribution in [0.5, 0.6) is 0 Å². The lowest BCUT2D eigenvalue weighted by Crippen LogP contribution is -1.97. The normalized spacial score (nSPS) is 11.2. The molecule has 0 unspecified atom stereocenters. The maximum absolute atomic E-state index is 6.06. The van der Waals surface area contributed by atoms with Crippen LogP contribution >= 0.6 is 11.3 Å². The summed E-state index contributed by atoms with van der Waals surface area (Å²) in [4.78, 5) is 9.11. The number of nitrogens with two attached hydrogens (primary N) is 1. The highest BCUT2D eigenvalue weighted by Crippen LogP contribution is 2.33. The predicted octanol–water partition coefficient (Wildman–Crippen LogP) is 4.09. The number of nitrogen functional groups attached to an aromatic ring is 1. The monoisotopic (exact) mass is 277 g/mol. The first-order chi connectivity index (χ1) is 9.83. The van der Waals surface area contributed by atoms with Crippen LogP contribution in [-0.2, 0) is 0 Å². The highest BCUT2D eigenvalue weighted by Gasteiger charge is 2.11. The lowest BCUT2D eigenvalue weighted by molar-refractivity contribution is 1.24. The van der Waals surface area contributed by atoms with Crippen molar-refractivity contribution < 1.29 is 0 Å². The number of aromatic nitrogens is 2. The van der Waals surface area contributed by atoms with Gasteiger partial charge in [-0.2, -0.15) is 0 Å². The van der Waals surface area contributed by atoms with E-state index in [1.54, 1.807) is 11.3 Å². The number of anilines is 1. The molecule has 0 saturated carbocycles. The average molecular weight is 277 g/mol. The van der Waals surface area contributed by atoms with Crippen LogP contribution in [0.4, 0.5) is 5.82 Å². The largest absolute Gasteiger partial charge is 0.383 e. The third kappa shape index (κ3) is 1.66. The van der Waals surface area contributed by atoms with E-state index in [1.165, 1.54) is 10.1 Å². The standard InChI is InChI=1S/C16H11N3S/c17-15-11-6-1-3-7-13(11)18-16(19-15)12-9-20-14-8-4-2-5-10(12)14/h1-9H,(H2,17,18,19). The molecule has 20 heavy (non-hydrogen) atoms. The van der Waals surface area contributed by atoms with Crippen LogP contribution in [0.2, 0.25) is 0 Å². The fourth-order valence-electron chi connectivity index (χ4n) is 2.37. The van der Waals surface area contributed by atoms with E-state index in [0.29, 0.717) is 11.6 Å². The van der Waals surface area contributed by atoms with Crippen molar-refractivity contribution in [3.05, 3.63) is 53.9 Å². The molecule has 96 valence electrons. The summed E-state index contributed by atoms with van der Waals surface area (Å²) in [6.07, 6.45) is 0. The molecule has 4 rings (SSSR count). The molecule has 0 spiro atoms. The van der Waals surface area contributed by atoms with E-state index in [2.05, 4.69) is 27.5 Å². The van der Waals surface area contributed by atoms with E-state index in [0.717, 1.165) is 16.5 Å². The number of benzene rings is 2. The SMILES string of the molecule is Nc1nc(-c2csc3ccccc23)nc2ccccc12. The molecule has 2 aromatic carbocycles. The first-order valence-corrected chi connectivity index (χ1v) is 7.20. The van der Waals surface area contributed by atoms with Gasteiger partial charge in [0, 0.05) is 26.4 Å². The van der Waals surface area contributed by atoms with Gasteiger partial charge in [-0.25, -0.2) is 9.97 Å². The number of hydrogen-bond acceptors (Lipinski definition) is 4. The first-order valence-electron chi connectivity index (χ1n) is 6.32. The van der Waals surface area contributed by atoms with Crippen LogP contribution in [0.25, 0.3) is 32.4 Å². The molecule has 0 fully saturated rings. The topological polar surface area (TPSA) is 51.8 Å². The molecule has 4 aromatic rings. The molecular formula is C16H11N3S. The van der Waals surface area contributed by atoms with Gasteiger partial charge in [-0.15, -0.1) is 11.3 Å². The number of nitrogens with zero attached hydrogens (tertiary/aromatic N) is 2. The van der Waals surface area contributed by atoms with E-state index < -0.39 is 0 Å². The molecule has 0 aliphatic heterocycles. The van der Waals surface area contributed by atoms with Gasteiger partial charge in [-0.05, 0) is 18.2 Å². The second-order valence-electron chi connectivity index (χ2n) is 4.60. The molecule has 2 aromatic heterocycles. The molecule has 0 amide bonds. The third-order valence-corrected chi connectivity index (χ3v) is 4.32. The fraction of sp³-hybridized carbons (Fsp3) is 0. The Bertz CT molecular complexity index is 927. The summed E-state index contributed by atoms with van der Waals surface area (Å²) in [6, 6.07) is 16.1. The summed E-state index contributed by atoms with van der Waals surface area (Å²) in [5.74, 6) is 1.22. The van der Waals surface area contributed by atoms with Crippen molar-refractivity contribution in [2.75, 3.05) is 5.73 Å². The molecule has 2 heterocycles. The van der Waals surface area contributed by atoms with E-state index in [4.69, 9.17) is 5.73 Å². The van der Waals surface area contributed by atoms with Gasteiger partial charge in [0.1, 0.15) is 5.82 Å². The number of hydrogen-bond donors (Lipinski definition) is 1. The van der Waals surface area contributed by atoms with Gasteiger partial charge in [0.05, 0.1) is 5.52 Å². The predicted molar refractivity (Wildman–Crippen MR) is 84.8 cm³/mol. The van der Waals surface area contributed by atoms with Crippen molar-refractivity contribution in [2.24, 2.45) is 0 Å². The second kappa shape index (κ2) is 4.28. The summed E-state index contributed by atoms with van der Waals surface area (Å²) < 4.78 is 1.23. The zero-order valence-electron chi connectivity index (χ0n) is 10.6. The molecule has 2 N–H and O–H groups in total. The Morgan fingerprint density at radius 3 is 2.50 bits per heavy atom. The zero-order chi connectivity index (χ0) is 13.5. The Labute approximate surface area is 119 Å². The Morgan fingerprint density at radius 1 is 0.850 bits per heavy atom. The van der Waals surface area contributed by atoms with Crippen molar-refractivity contribution in [1.82, 2.24) is 9.97 Å². The zero-order valence-corrected chi connectivity index (χ0v) is 11.4. The summed E-state index contributed by atoms with van der Waals surface area (Å²) in [5.41, 5.74) is 7.98. The number of rotatable bonds is 1. The highest BCUT2D eigenvalue weighted by molar-refractivity contribution is 7.17. The minimum absolute atomic E-state index is 0.529. The van der Waals surface area contributed by atoms with Crippen molar-refractivity contribution >= 4 is 38.1 Å². The van der Waals surface area contributed by atoms with Crippen LogP contribution < -0.4 is 5.73 Å². The van der Waals surface area contributed by atoms with Crippen molar-refractivity contribution in [1.29, 1.82) is 0 Å².